The lowest BCUT2D eigenvalue weighted by atomic mass is 9.86. The second-order valence-corrected chi connectivity index (χ2v) is 9.13. The Morgan fingerprint density at radius 3 is 2.43 bits per heavy atom. The fraction of sp³-hybridized carbons (Fsp3) is 0.462. The summed E-state index contributed by atoms with van der Waals surface area (Å²) in [7, 11) is 1.36. The highest BCUT2D eigenvalue weighted by molar-refractivity contribution is 5.95. The first-order valence-corrected chi connectivity index (χ1v) is 12.3. The lowest BCUT2D eigenvalue weighted by Gasteiger charge is -2.28. The van der Waals surface area contributed by atoms with Crippen LogP contribution in [-0.4, -0.2) is 71.9 Å². The summed E-state index contributed by atoms with van der Waals surface area (Å²) in [4.78, 5) is 52.8. The molecule has 1 aliphatic heterocycles. The Bertz CT molecular complexity index is 1250. The quantitative estimate of drug-likeness (QED) is 0.573. The van der Waals surface area contributed by atoms with Gasteiger partial charge in [0.15, 0.2) is 0 Å². The highest BCUT2D eigenvalue weighted by Gasteiger charge is 2.29. The number of amides is 2. The Kier molecular flexibility index (Phi) is 8.30. The number of aromatic nitrogens is 2. The van der Waals surface area contributed by atoms with Crippen molar-refractivity contribution in [3.05, 3.63) is 51.8 Å². The first-order chi connectivity index (χ1) is 17.9. The fourth-order valence-electron chi connectivity index (χ4n) is 4.61. The topological polar surface area (TPSA) is 144 Å². The number of rotatable bonds is 6. The number of nitriles is 1. The third-order valence-corrected chi connectivity index (χ3v) is 6.77. The molecule has 37 heavy (non-hydrogen) atoms. The fourth-order valence-corrected chi connectivity index (χ4v) is 4.61. The SMILES string of the molecule is COC(=O)[C@H]1CC[C@H](NC(=O)c2cc(-c3ccc(C#N)cc3)nn(CC(=O)N3CCOCC3)c2=O)CC1. The first kappa shape index (κ1) is 26.0. The highest BCUT2D eigenvalue weighted by atomic mass is 16.5. The largest absolute Gasteiger partial charge is 0.469 e. The average molecular weight is 508 g/mol. The van der Waals surface area contributed by atoms with Gasteiger partial charge >= 0.3 is 5.97 Å². The van der Waals surface area contributed by atoms with Crippen molar-refractivity contribution in [3.8, 4) is 17.3 Å². The molecule has 2 amide bonds. The Morgan fingerprint density at radius 2 is 1.81 bits per heavy atom. The van der Waals surface area contributed by atoms with Crippen molar-refractivity contribution < 1.29 is 23.9 Å². The number of carbonyl (C=O) groups excluding carboxylic acids is 3. The first-order valence-electron chi connectivity index (χ1n) is 12.3. The number of methoxy groups -OCH3 is 1. The molecule has 0 unspecified atom stereocenters. The zero-order valence-corrected chi connectivity index (χ0v) is 20.6. The van der Waals surface area contributed by atoms with Crippen LogP contribution in [0.15, 0.2) is 35.1 Å². The summed E-state index contributed by atoms with van der Waals surface area (Å²) in [6.45, 7) is 1.37. The molecule has 11 heteroatoms. The minimum absolute atomic E-state index is 0.126. The third kappa shape index (κ3) is 6.21. The van der Waals surface area contributed by atoms with E-state index in [-0.39, 0.29) is 35.9 Å². The number of hydrogen-bond donors (Lipinski definition) is 1. The maximum atomic E-state index is 13.3. The number of ether oxygens (including phenoxy) is 2. The van der Waals surface area contributed by atoms with Crippen LogP contribution >= 0.6 is 0 Å². The van der Waals surface area contributed by atoms with E-state index in [4.69, 9.17) is 14.7 Å². The van der Waals surface area contributed by atoms with E-state index in [1.807, 2.05) is 6.07 Å². The molecule has 1 aromatic carbocycles. The molecule has 0 spiro atoms. The van der Waals surface area contributed by atoms with Crippen LogP contribution in [0.2, 0.25) is 0 Å². The molecule has 194 valence electrons. The molecule has 1 aliphatic carbocycles. The molecule has 0 atom stereocenters. The lowest BCUT2D eigenvalue weighted by Crippen LogP contribution is -2.45. The molecule has 11 nitrogen and oxygen atoms in total. The summed E-state index contributed by atoms with van der Waals surface area (Å²) < 4.78 is 11.1. The third-order valence-electron chi connectivity index (χ3n) is 6.77. The van der Waals surface area contributed by atoms with Gasteiger partial charge in [0.05, 0.1) is 43.6 Å². The van der Waals surface area contributed by atoms with Crippen molar-refractivity contribution in [2.45, 2.75) is 38.3 Å². The van der Waals surface area contributed by atoms with Gasteiger partial charge in [0.25, 0.3) is 11.5 Å². The molecule has 1 N–H and O–H groups in total. The van der Waals surface area contributed by atoms with E-state index in [9.17, 15) is 19.2 Å². The normalized spacial score (nSPS) is 19.5. The van der Waals surface area contributed by atoms with Gasteiger partial charge in [-0.15, -0.1) is 0 Å². The average Bonchev–Trinajstić information content (AvgIpc) is 2.94. The zero-order valence-electron chi connectivity index (χ0n) is 20.6. The van der Waals surface area contributed by atoms with Crippen LogP contribution in [0.5, 0.6) is 0 Å². The van der Waals surface area contributed by atoms with E-state index in [1.54, 1.807) is 29.2 Å². The van der Waals surface area contributed by atoms with Crippen molar-refractivity contribution in [1.29, 1.82) is 5.26 Å². The number of carbonyl (C=O) groups is 3. The molecule has 2 aromatic rings. The minimum Gasteiger partial charge on any atom is -0.469 e. The minimum atomic E-state index is -0.667. The van der Waals surface area contributed by atoms with Crippen LogP contribution in [0.25, 0.3) is 11.3 Å². The van der Waals surface area contributed by atoms with Gasteiger partial charge in [-0.2, -0.15) is 10.4 Å². The molecule has 4 rings (SSSR count). The molecule has 1 aromatic heterocycles. The van der Waals surface area contributed by atoms with Gasteiger partial charge in [-0.1, -0.05) is 12.1 Å². The lowest BCUT2D eigenvalue weighted by molar-refractivity contribution is -0.146. The van der Waals surface area contributed by atoms with E-state index < -0.39 is 11.5 Å². The van der Waals surface area contributed by atoms with Gasteiger partial charge in [-0.25, -0.2) is 4.68 Å². The second kappa shape index (κ2) is 11.8. The number of hydrogen-bond acceptors (Lipinski definition) is 8. The Balaban J connectivity index is 1.59. The number of morpholine rings is 1. The van der Waals surface area contributed by atoms with Crippen molar-refractivity contribution in [1.82, 2.24) is 20.0 Å². The van der Waals surface area contributed by atoms with E-state index in [1.165, 1.54) is 13.2 Å². The summed E-state index contributed by atoms with van der Waals surface area (Å²) in [5.41, 5.74) is 0.594. The summed E-state index contributed by atoms with van der Waals surface area (Å²) in [5.74, 6) is -1.29. The molecule has 0 bridgehead atoms. The molecule has 2 heterocycles. The van der Waals surface area contributed by atoms with Gasteiger partial charge in [0, 0.05) is 24.7 Å². The standard InChI is InChI=1S/C26H29N5O6/c1-36-26(35)19-6-8-20(9-7-19)28-24(33)21-14-22(18-4-2-17(15-27)3-5-18)29-31(25(21)34)16-23(32)30-10-12-37-13-11-30/h2-5,14,19-20H,6-13,16H2,1H3,(H,28,33)/t19-,20-. The molecule has 0 radical (unpaired) electrons. The molecule has 1 saturated heterocycles. The number of esters is 1. The van der Waals surface area contributed by atoms with Crippen LogP contribution in [0, 0.1) is 17.2 Å². The predicted octanol–water partition coefficient (Wildman–Crippen LogP) is 1.10. The Hall–Kier alpha value is -4.04. The van der Waals surface area contributed by atoms with Gasteiger partial charge in [0.1, 0.15) is 12.1 Å². The van der Waals surface area contributed by atoms with Crippen LogP contribution in [0.1, 0.15) is 41.6 Å². The highest BCUT2D eigenvalue weighted by Crippen LogP contribution is 2.25. The summed E-state index contributed by atoms with van der Waals surface area (Å²) in [6, 6.07) is 9.85. The molecule has 1 saturated carbocycles. The number of nitrogens with zero attached hydrogens (tertiary/aromatic N) is 4. The van der Waals surface area contributed by atoms with Crippen molar-refractivity contribution in [3.63, 3.8) is 0 Å². The molecular formula is C26H29N5O6. The summed E-state index contributed by atoms with van der Waals surface area (Å²) in [5, 5.41) is 16.4. The van der Waals surface area contributed by atoms with E-state index >= 15 is 0 Å². The Labute approximate surface area is 214 Å². The molecular weight excluding hydrogens is 478 g/mol. The summed E-state index contributed by atoms with van der Waals surface area (Å²) >= 11 is 0. The maximum absolute atomic E-state index is 13.3. The van der Waals surface area contributed by atoms with Crippen molar-refractivity contribution >= 4 is 17.8 Å². The smallest absolute Gasteiger partial charge is 0.308 e. The number of nitrogens with one attached hydrogen (secondary N) is 1. The van der Waals surface area contributed by atoms with Crippen LogP contribution < -0.4 is 10.9 Å². The monoisotopic (exact) mass is 507 g/mol. The van der Waals surface area contributed by atoms with E-state index in [0.717, 1.165) is 4.68 Å². The molecule has 2 aliphatic rings. The summed E-state index contributed by atoms with van der Waals surface area (Å²) in [6.07, 6.45) is 2.34. The van der Waals surface area contributed by atoms with Crippen molar-refractivity contribution in [2.75, 3.05) is 33.4 Å². The van der Waals surface area contributed by atoms with Gasteiger partial charge in [-0.05, 0) is 43.9 Å². The maximum Gasteiger partial charge on any atom is 0.308 e. The van der Waals surface area contributed by atoms with Crippen molar-refractivity contribution in [2.24, 2.45) is 5.92 Å². The van der Waals surface area contributed by atoms with Gasteiger partial charge in [0.2, 0.25) is 5.91 Å². The number of benzene rings is 1. The van der Waals surface area contributed by atoms with Gasteiger partial charge in [-0.3, -0.25) is 19.2 Å². The van der Waals surface area contributed by atoms with Crippen LogP contribution in [0.3, 0.4) is 0 Å². The zero-order chi connectivity index (χ0) is 26.4. The Morgan fingerprint density at radius 1 is 1.14 bits per heavy atom. The van der Waals surface area contributed by atoms with Crippen LogP contribution in [0.4, 0.5) is 0 Å². The molecule has 2 fully saturated rings. The van der Waals surface area contributed by atoms with E-state index in [2.05, 4.69) is 10.4 Å². The van der Waals surface area contributed by atoms with Crippen LogP contribution in [-0.2, 0) is 25.6 Å². The predicted molar refractivity (Wildman–Crippen MR) is 131 cm³/mol. The van der Waals surface area contributed by atoms with E-state index in [0.29, 0.717) is 68.8 Å². The second-order valence-electron chi connectivity index (χ2n) is 9.13. The van der Waals surface area contributed by atoms with Gasteiger partial charge < -0.3 is 19.7 Å².